The lowest BCUT2D eigenvalue weighted by Crippen LogP contribution is -2.17. The van der Waals surface area contributed by atoms with Crippen molar-refractivity contribution in [3.63, 3.8) is 0 Å². The molecule has 0 fully saturated rings. The summed E-state index contributed by atoms with van der Waals surface area (Å²) >= 11 is 0. The molecule has 0 saturated carbocycles. The molecule has 1 unspecified atom stereocenters. The molecule has 37 heavy (non-hydrogen) atoms. The van der Waals surface area contributed by atoms with Crippen LogP contribution in [0.15, 0.2) is 53.7 Å². The molecule has 4 heterocycles. The van der Waals surface area contributed by atoms with Crippen LogP contribution in [0.2, 0.25) is 0 Å². The average molecular weight is 494 g/mol. The van der Waals surface area contributed by atoms with Crippen LogP contribution in [0, 0.1) is 5.82 Å². The molecular weight excluding hydrogens is 465 g/mol. The summed E-state index contributed by atoms with van der Waals surface area (Å²) in [4.78, 5) is 18.2. The lowest BCUT2D eigenvalue weighted by Gasteiger charge is -2.14. The van der Waals surface area contributed by atoms with E-state index in [1.165, 1.54) is 22.9 Å². The number of fused-ring (bicyclic) bond motifs is 6. The van der Waals surface area contributed by atoms with E-state index >= 15 is 0 Å². The average Bonchev–Trinajstić information content (AvgIpc) is 3.47. The summed E-state index contributed by atoms with van der Waals surface area (Å²) in [6.45, 7) is 2.56. The lowest BCUT2D eigenvalue weighted by molar-refractivity contribution is 0.605. The van der Waals surface area contributed by atoms with Gasteiger partial charge in [0.1, 0.15) is 5.82 Å². The Balaban J connectivity index is 1.31. The van der Waals surface area contributed by atoms with E-state index in [9.17, 15) is 4.39 Å². The Bertz CT molecular complexity index is 1550. The van der Waals surface area contributed by atoms with Gasteiger partial charge in [-0.25, -0.2) is 19.8 Å². The van der Waals surface area contributed by atoms with Crippen LogP contribution in [0.1, 0.15) is 65.7 Å². The Labute approximate surface area is 214 Å². The van der Waals surface area contributed by atoms with Crippen LogP contribution in [-0.2, 0) is 19.4 Å². The number of hydrogen-bond donors (Lipinski definition) is 4. The van der Waals surface area contributed by atoms with Crippen molar-refractivity contribution in [2.24, 2.45) is 4.99 Å². The Morgan fingerprint density at radius 3 is 2.89 bits per heavy atom. The zero-order chi connectivity index (χ0) is 24.9. The van der Waals surface area contributed by atoms with E-state index in [2.05, 4.69) is 51.3 Å². The van der Waals surface area contributed by atoms with Crippen LogP contribution in [-0.4, -0.2) is 20.7 Å². The summed E-state index contributed by atoms with van der Waals surface area (Å²) in [5, 5.41) is 3.38. The van der Waals surface area contributed by atoms with E-state index in [0.717, 1.165) is 66.0 Å². The minimum atomic E-state index is -0.262. The summed E-state index contributed by atoms with van der Waals surface area (Å²) in [7, 11) is 0. The number of hydrazine groups is 1. The number of nitrogens with one attached hydrogen (secondary N) is 4. The van der Waals surface area contributed by atoms with Crippen molar-refractivity contribution < 1.29 is 4.39 Å². The van der Waals surface area contributed by atoms with Crippen LogP contribution in [0.3, 0.4) is 0 Å². The molecule has 3 aliphatic rings. The predicted molar refractivity (Wildman–Crippen MR) is 144 cm³/mol. The molecule has 2 aromatic carbocycles. The summed E-state index contributed by atoms with van der Waals surface area (Å²) in [5.74, 6) is 0.256. The van der Waals surface area contributed by atoms with Crippen molar-refractivity contribution in [2.75, 3.05) is 10.7 Å². The van der Waals surface area contributed by atoms with Gasteiger partial charge < -0.3 is 15.7 Å². The number of rotatable bonds is 4. The first-order chi connectivity index (χ1) is 18.2. The van der Waals surface area contributed by atoms with Gasteiger partial charge in [-0.1, -0.05) is 25.1 Å². The molecule has 2 aliphatic heterocycles. The van der Waals surface area contributed by atoms with Crippen molar-refractivity contribution in [3.8, 4) is 11.4 Å². The Morgan fingerprint density at radius 1 is 1.11 bits per heavy atom. The van der Waals surface area contributed by atoms with Gasteiger partial charge in [-0.05, 0) is 67.5 Å². The highest BCUT2D eigenvalue weighted by Gasteiger charge is 2.30. The van der Waals surface area contributed by atoms with Gasteiger partial charge >= 0.3 is 0 Å². The van der Waals surface area contributed by atoms with Gasteiger partial charge in [-0.3, -0.25) is 4.99 Å². The lowest BCUT2D eigenvalue weighted by atomic mass is 9.90. The minimum absolute atomic E-state index is 0.262. The second-order valence-electron chi connectivity index (χ2n) is 9.91. The minimum Gasteiger partial charge on any atom is -0.356 e. The number of aromatic amines is 1. The number of H-pyrrole nitrogens is 1. The van der Waals surface area contributed by atoms with Crippen LogP contribution in [0.4, 0.5) is 21.7 Å². The summed E-state index contributed by atoms with van der Waals surface area (Å²) < 4.78 is 15.0. The summed E-state index contributed by atoms with van der Waals surface area (Å²) in [6, 6.07) is 13.5. The fourth-order valence-corrected chi connectivity index (χ4v) is 5.78. The number of nitrogens with zero attached hydrogens (tertiary/aromatic N) is 3. The summed E-state index contributed by atoms with van der Waals surface area (Å²) in [5.41, 5.74) is 17.1. The Morgan fingerprint density at radius 2 is 2.00 bits per heavy atom. The van der Waals surface area contributed by atoms with E-state index in [1.54, 1.807) is 6.07 Å². The van der Waals surface area contributed by atoms with E-state index < -0.39 is 0 Å². The second-order valence-corrected chi connectivity index (χ2v) is 9.91. The number of halogens is 1. The molecule has 8 heteroatoms. The Kier molecular flexibility index (Phi) is 5.28. The summed E-state index contributed by atoms with van der Waals surface area (Å²) in [6.07, 6.45) is 7.04. The van der Waals surface area contributed by atoms with E-state index in [4.69, 9.17) is 9.98 Å². The van der Waals surface area contributed by atoms with E-state index in [0.29, 0.717) is 29.8 Å². The third-order valence-electron chi connectivity index (χ3n) is 7.64. The number of anilines is 3. The molecule has 186 valence electrons. The van der Waals surface area contributed by atoms with E-state index in [1.807, 2.05) is 18.3 Å². The molecule has 0 saturated heterocycles. The first kappa shape index (κ1) is 22.2. The number of hydrogen-bond acceptors (Lipinski definition) is 6. The van der Waals surface area contributed by atoms with Gasteiger partial charge in [0.05, 0.1) is 35.4 Å². The highest BCUT2D eigenvalue weighted by molar-refractivity contribution is 6.17. The molecule has 4 N–H and O–H groups in total. The zero-order valence-electron chi connectivity index (χ0n) is 20.7. The van der Waals surface area contributed by atoms with Gasteiger partial charge in [-0.2, -0.15) is 0 Å². The van der Waals surface area contributed by atoms with Crippen molar-refractivity contribution in [1.82, 2.24) is 20.4 Å². The molecule has 0 amide bonds. The van der Waals surface area contributed by atoms with E-state index in [-0.39, 0.29) is 5.82 Å². The number of aromatic nitrogens is 3. The molecule has 0 bridgehead atoms. The second kappa shape index (κ2) is 8.81. The number of benzene rings is 2. The maximum Gasteiger partial charge on any atom is 0.227 e. The standard InChI is InChI=1S/C29H28FN7/c1-2-22-19-12-11-17(13-24(19)37-36-22)33-29-32-15-16-14-31-27(18-7-3-5-9-21(18)30)25-20-8-4-6-10-23(20)34-28(25)26(16)35-29/h3,5,7,9,11-13,15,22,34,36-37H,2,4,6,8,10,14H2,1H3,(H,32,33,35). The van der Waals surface area contributed by atoms with Crippen LogP contribution < -0.4 is 16.2 Å². The van der Waals surface area contributed by atoms with Gasteiger partial charge in [0.2, 0.25) is 5.95 Å². The first-order valence-corrected chi connectivity index (χ1v) is 13.0. The third kappa shape index (κ3) is 3.71. The molecular formula is C29H28FN7. The monoisotopic (exact) mass is 493 g/mol. The van der Waals surface area contributed by atoms with Gasteiger partial charge in [0.15, 0.2) is 0 Å². The van der Waals surface area contributed by atoms with Crippen molar-refractivity contribution in [2.45, 2.75) is 51.6 Å². The van der Waals surface area contributed by atoms with Crippen molar-refractivity contribution >= 4 is 23.0 Å². The van der Waals surface area contributed by atoms with Gasteiger partial charge in [0.25, 0.3) is 0 Å². The number of aliphatic imine (C=N–C) groups is 1. The topological polar surface area (TPSA) is 90.0 Å². The molecule has 1 aliphatic carbocycles. The molecule has 2 aromatic heterocycles. The third-order valence-corrected chi connectivity index (χ3v) is 7.64. The normalized spacial score (nSPS) is 17.6. The highest BCUT2D eigenvalue weighted by Crippen LogP contribution is 2.38. The van der Waals surface area contributed by atoms with Crippen LogP contribution in [0.25, 0.3) is 11.4 Å². The van der Waals surface area contributed by atoms with Gasteiger partial charge in [0, 0.05) is 34.3 Å². The fraction of sp³-hybridized carbons (Fsp3) is 0.276. The largest absolute Gasteiger partial charge is 0.356 e. The first-order valence-electron chi connectivity index (χ1n) is 13.0. The smallest absolute Gasteiger partial charge is 0.227 e. The fourth-order valence-electron chi connectivity index (χ4n) is 5.78. The molecule has 1 atom stereocenters. The maximum atomic E-state index is 15.0. The van der Waals surface area contributed by atoms with Crippen LogP contribution >= 0.6 is 0 Å². The highest BCUT2D eigenvalue weighted by atomic mass is 19.1. The predicted octanol–water partition coefficient (Wildman–Crippen LogP) is 5.97. The van der Waals surface area contributed by atoms with Gasteiger partial charge in [-0.15, -0.1) is 0 Å². The molecule has 4 aromatic rings. The SMILES string of the molecule is CCC1NNc2cc(Nc3ncc4c(n3)-c3[nH]c5c(c3C(c3ccccc3F)=NC4)CCCC5)ccc21. The molecule has 0 radical (unpaired) electrons. The molecule has 7 nitrogen and oxygen atoms in total. The zero-order valence-corrected chi connectivity index (χ0v) is 20.7. The maximum absolute atomic E-state index is 15.0. The quantitative estimate of drug-likeness (QED) is 0.281. The molecule has 7 rings (SSSR count). The number of aryl methyl sites for hydroxylation is 1. The van der Waals surface area contributed by atoms with Crippen molar-refractivity contribution in [1.29, 1.82) is 0 Å². The van der Waals surface area contributed by atoms with Crippen molar-refractivity contribution in [3.05, 3.63) is 88.0 Å². The van der Waals surface area contributed by atoms with Crippen LogP contribution in [0.5, 0.6) is 0 Å². The Hall–Kier alpha value is -4.04. The molecule has 0 spiro atoms.